The Morgan fingerprint density at radius 1 is 1.21 bits per heavy atom. The molecule has 1 aromatic carbocycles. The van der Waals surface area contributed by atoms with Gasteiger partial charge in [0.25, 0.3) is 0 Å². The number of hydrogen-bond donors (Lipinski definition) is 3. The summed E-state index contributed by atoms with van der Waals surface area (Å²) in [5.41, 5.74) is 0.947. The molecule has 0 heterocycles. The van der Waals surface area contributed by atoms with Gasteiger partial charge in [0, 0.05) is 26.2 Å². The third-order valence-electron chi connectivity index (χ3n) is 3.92. The molecule has 0 radical (unpaired) electrons. The standard InChI is InChI=1S/C16H26N4O2S.HI/c1-17-16(20-15-9-5-6-10-15)18-11-12-23(21,22)19-13-14-7-3-2-4-8-14;/h2-4,7-8,15,19H,5-6,9-13H2,1H3,(H2,17,18,20);1H. The van der Waals surface area contributed by atoms with Crippen molar-refractivity contribution in [2.24, 2.45) is 4.99 Å². The van der Waals surface area contributed by atoms with Gasteiger partial charge >= 0.3 is 0 Å². The van der Waals surface area contributed by atoms with Crippen LogP contribution < -0.4 is 15.4 Å². The Hall–Kier alpha value is -0.870. The van der Waals surface area contributed by atoms with E-state index in [1.165, 1.54) is 12.8 Å². The van der Waals surface area contributed by atoms with Gasteiger partial charge in [-0.05, 0) is 18.4 Å². The second-order valence-electron chi connectivity index (χ2n) is 5.75. The average molecular weight is 466 g/mol. The maximum Gasteiger partial charge on any atom is 0.213 e. The Kier molecular flexibility index (Phi) is 9.60. The van der Waals surface area contributed by atoms with Crippen LogP contribution in [0.2, 0.25) is 0 Å². The molecule has 0 atom stereocenters. The van der Waals surface area contributed by atoms with Gasteiger partial charge in [0.05, 0.1) is 5.75 Å². The number of guanidine groups is 1. The number of aliphatic imine (C=N–C) groups is 1. The summed E-state index contributed by atoms with van der Waals surface area (Å²) in [6.45, 7) is 0.648. The number of benzene rings is 1. The summed E-state index contributed by atoms with van der Waals surface area (Å²) in [5, 5.41) is 6.40. The van der Waals surface area contributed by atoms with Crippen LogP contribution in [0.25, 0.3) is 0 Å². The molecule has 0 amide bonds. The quantitative estimate of drug-likeness (QED) is 0.326. The topological polar surface area (TPSA) is 82.6 Å². The highest BCUT2D eigenvalue weighted by Crippen LogP contribution is 2.17. The van der Waals surface area contributed by atoms with E-state index in [1.807, 2.05) is 30.3 Å². The third kappa shape index (κ3) is 7.80. The van der Waals surface area contributed by atoms with E-state index in [-0.39, 0.29) is 29.7 Å². The largest absolute Gasteiger partial charge is 0.355 e. The smallest absolute Gasteiger partial charge is 0.213 e. The van der Waals surface area contributed by atoms with Gasteiger partial charge in [-0.25, -0.2) is 13.1 Å². The van der Waals surface area contributed by atoms with Gasteiger partial charge in [-0.15, -0.1) is 24.0 Å². The van der Waals surface area contributed by atoms with Crippen molar-refractivity contribution in [1.82, 2.24) is 15.4 Å². The van der Waals surface area contributed by atoms with Crippen LogP contribution in [0.5, 0.6) is 0 Å². The van der Waals surface area contributed by atoms with Crippen molar-refractivity contribution in [2.45, 2.75) is 38.3 Å². The van der Waals surface area contributed by atoms with Crippen molar-refractivity contribution in [3.8, 4) is 0 Å². The Bertz CT molecular complexity index is 602. The van der Waals surface area contributed by atoms with Crippen molar-refractivity contribution in [2.75, 3.05) is 19.3 Å². The first kappa shape index (κ1) is 21.2. The van der Waals surface area contributed by atoms with E-state index in [4.69, 9.17) is 0 Å². The minimum Gasteiger partial charge on any atom is -0.355 e. The molecule has 0 bridgehead atoms. The molecule has 0 aliphatic heterocycles. The minimum absolute atomic E-state index is 0. The second kappa shape index (κ2) is 10.9. The highest BCUT2D eigenvalue weighted by Gasteiger charge is 2.16. The van der Waals surface area contributed by atoms with Crippen LogP contribution in [0, 0.1) is 0 Å². The SMILES string of the molecule is CN=C(NCCS(=O)(=O)NCc1ccccc1)NC1CCCC1.I. The summed E-state index contributed by atoms with van der Waals surface area (Å²) < 4.78 is 26.6. The first-order valence-corrected chi connectivity index (χ1v) is 9.73. The van der Waals surface area contributed by atoms with Crippen molar-refractivity contribution in [3.63, 3.8) is 0 Å². The number of nitrogens with zero attached hydrogens (tertiary/aromatic N) is 1. The Morgan fingerprint density at radius 2 is 1.88 bits per heavy atom. The van der Waals surface area contributed by atoms with Crippen molar-refractivity contribution < 1.29 is 8.42 Å². The lowest BCUT2D eigenvalue weighted by Crippen LogP contribution is -2.44. The summed E-state index contributed by atoms with van der Waals surface area (Å²) in [6, 6.07) is 9.94. The molecule has 8 heteroatoms. The molecule has 6 nitrogen and oxygen atoms in total. The first-order valence-electron chi connectivity index (χ1n) is 8.07. The zero-order valence-corrected chi connectivity index (χ0v) is 17.1. The van der Waals surface area contributed by atoms with E-state index in [0.717, 1.165) is 18.4 Å². The number of rotatable bonds is 7. The fraction of sp³-hybridized carbons (Fsp3) is 0.562. The second-order valence-corrected chi connectivity index (χ2v) is 7.68. The minimum atomic E-state index is -3.31. The van der Waals surface area contributed by atoms with Crippen LogP contribution in [-0.2, 0) is 16.6 Å². The van der Waals surface area contributed by atoms with E-state index in [0.29, 0.717) is 25.1 Å². The normalized spacial score (nSPS) is 15.8. The third-order valence-corrected chi connectivity index (χ3v) is 5.25. The van der Waals surface area contributed by atoms with Crippen LogP contribution in [-0.4, -0.2) is 39.8 Å². The van der Waals surface area contributed by atoms with E-state index < -0.39 is 10.0 Å². The molecule has 0 spiro atoms. The van der Waals surface area contributed by atoms with Crippen LogP contribution in [0.1, 0.15) is 31.2 Å². The van der Waals surface area contributed by atoms with Crippen LogP contribution in [0.3, 0.4) is 0 Å². The van der Waals surface area contributed by atoms with Gasteiger partial charge in [-0.1, -0.05) is 43.2 Å². The van der Waals surface area contributed by atoms with E-state index in [2.05, 4.69) is 20.3 Å². The molecule has 2 rings (SSSR count). The van der Waals surface area contributed by atoms with Crippen molar-refractivity contribution >= 4 is 40.0 Å². The molecule has 0 aromatic heterocycles. The van der Waals surface area contributed by atoms with Gasteiger partial charge in [-0.3, -0.25) is 4.99 Å². The molecule has 1 aromatic rings. The fourth-order valence-electron chi connectivity index (χ4n) is 2.62. The summed E-state index contributed by atoms with van der Waals surface area (Å²) >= 11 is 0. The number of halogens is 1. The number of hydrogen-bond acceptors (Lipinski definition) is 3. The predicted molar refractivity (Wildman–Crippen MR) is 109 cm³/mol. The molecule has 136 valence electrons. The highest BCUT2D eigenvalue weighted by atomic mass is 127. The van der Waals surface area contributed by atoms with Gasteiger partial charge in [0.2, 0.25) is 10.0 Å². The highest BCUT2D eigenvalue weighted by molar-refractivity contribution is 14.0. The molecular weight excluding hydrogens is 439 g/mol. The molecule has 0 saturated heterocycles. The Labute approximate surface area is 162 Å². The zero-order chi connectivity index (χ0) is 16.5. The molecule has 1 saturated carbocycles. The molecule has 24 heavy (non-hydrogen) atoms. The van der Waals surface area contributed by atoms with Gasteiger partial charge in [0.15, 0.2) is 5.96 Å². The lowest BCUT2D eigenvalue weighted by atomic mass is 10.2. The van der Waals surface area contributed by atoms with E-state index in [1.54, 1.807) is 7.05 Å². The monoisotopic (exact) mass is 466 g/mol. The number of nitrogens with one attached hydrogen (secondary N) is 3. The summed E-state index contributed by atoms with van der Waals surface area (Å²) in [4.78, 5) is 4.14. The van der Waals surface area contributed by atoms with Crippen molar-refractivity contribution in [3.05, 3.63) is 35.9 Å². The lowest BCUT2D eigenvalue weighted by molar-refractivity contribution is 0.578. The molecule has 0 unspecified atom stereocenters. The summed E-state index contributed by atoms with van der Waals surface area (Å²) in [6.07, 6.45) is 4.79. The maximum absolute atomic E-state index is 12.0. The molecule has 1 fully saturated rings. The van der Waals surface area contributed by atoms with Gasteiger partial charge in [-0.2, -0.15) is 0 Å². The first-order chi connectivity index (χ1) is 11.1. The molecular formula is C16H27IN4O2S. The lowest BCUT2D eigenvalue weighted by Gasteiger charge is -2.16. The van der Waals surface area contributed by atoms with Crippen LogP contribution in [0.4, 0.5) is 0 Å². The van der Waals surface area contributed by atoms with Gasteiger partial charge < -0.3 is 10.6 Å². The zero-order valence-electron chi connectivity index (χ0n) is 14.0. The average Bonchev–Trinajstić information content (AvgIpc) is 3.06. The Morgan fingerprint density at radius 3 is 2.50 bits per heavy atom. The van der Waals surface area contributed by atoms with E-state index >= 15 is 0 Å². The molecule has 1 aliphatic rings. The van der Waals surface area contributed by atoms with Gasteiger partial charge in [0.1, 0.15) is 0 Å². The maximum atomic E-state index is 12.0. The number of sulfonamides is 1. The Balaban J connectivity index is 0.00000288. The predicted octanol–water partition coefficient (Wildman–Crippen LogP) is 1.83. The summed E-state index contributed by atoms with van der Waals surface area (Å²) in [7, 11) is -1.61. The fourth-order valence-corrected chi connectivity index (χ4v) is 3.52. The molecule has 3 N–H and O–H groups in total. The molecule has 1 aliphatic carbocycles. The van der Waals surface area contributed by atoms with Crippen LogP contribution in [0.15, 0.2) is 35.3 Å². The van der Waals surface area contributed by atoms with E-state index in [9.17, 15) is 8.42 Å². The van der Waals surface area contributed by atoms with Crippen LogP contribution >= 0.6 is 24.0 Å². The van der Waals surface area contributed by atoms with Crippen molar-refractivity contribution in [1.29, 1.82) is 0 Å². The summed E-state index contributed by atoms with van der Waals surface area (Å²) in [5.74, 6) is 0.695.